The molecule has 2 aromatic rings. The number of carbonyl (C=O) groups is 2. The molecule has 2 N–H and O–H groups in total. The van der Waals surface area contributed by atoms with Crippen molar-refractivity contribution < 1.29 is 37.7 Å². The van der Waals surface area contributed by atoms with Gasteiger partial charge in [0.05, 0.1) is 5.56 Å². The van der Waals surface area contributed by atoms with Gasteiger partial charge in [-0.05, 0) is 116 Å². The number of hydrogen-bond acceptors (Lipinski definition) is 3. The standard InChI is InChI=1S/C32H33F3O5/c33-32(34,35)26-6-2-5-25(15-26)24(8-10-29(36)37)4-1-3-20-7-9-27(28(14-20)40-19-30(38)39)31-16-21-11-22(17-31)13-23(12-21)18-31/h2,4-10,14-15,21-23H,1,3,11-13,16-19H2,(H,36,37)(H,38,39)/b10-8?,24-4-. The first-order valence-electron chi connectivity index (χ1n) is 13.8. The van der Waals surface area contributed by atoms with Crippen LogP contribution in [0.4, 0.5) is 13.2 Å². The third-order valence-corrected chi connectivity index (χ3v) is 8.73. The van der Waals surface area contributed by atoms with Crippen molar-refractivity contribution in [2.24, 2.45) is 17.8 Å². The number of carboxylic acid groups (broad SMARTS) is 2. The highest BCUT2D eigenvalue weighted by Crippen LogP contribution is 2.62. The lowest BCUT2D eigenvalue weighted by Gasteiger charge is -2.57. The minimum atomic E-state index is -4.51. The minimum absolute atomic E-state index is 0.0271. The number of hydrogen-bond donors (Lipinski definition) is 2. The average Bonchev–Trinajstić information content (AvgIpc) is 2.88. The van der Waals surface area contributed by atoms with Gasteiger partial charge >= 0.3 is 18.1 Å². The predicted molar refractivity (Wildman–Crippen MR) is 144 cm³/mol. The molecule has 4 fully saturated rings. The number of aliphatic carboxylic acids is 2. The van der Waals surface area contributed by atoms with Crippen molar-refractivity contribution in [3.05, 3.63) is 82.9 Å². The summed E-state index contributed by atoms with van der Waals surface area (Å²) < 4.78 is 45.6. The van der Waals surface area contributed by atoms with E-state index in [9.17, 15) is 27.9 Å². The van der Waals surface area contributed by atoms with Crippen LogP contribution < -0.4 is 4.74 Å². The molecule has 0 radical (unpaired) electrons. The van der Waals surface area contributed by atoms with Gasteiger partial charge in [0.25, 0.3) is 0 Å². The Kier molecular flexibility index (Phi) is 7.80. The van der Waals surface area contributed by atoms with Crippen LogP contribution in [0.25, 0.3) is 5.57 Å². The zero-order valence-corrected chi connectivity index (χ0v) is 22.1. The lowest BCUT2D eigenvalue weighted by atomic mass is 9.48. The average molecular weight is 555 g/mol. The van der Waals surface area contributed by atoms with E-state index in [4.69, 9.17) is 9.84 Å². The smallest absolute Gasteiger partial charge is 0.416 e. The maximum atomic E-state index is 13.3. The van der Waals surface area contributed by atoms with E-state index in [0.29, 0.717) is 24.2 Å². The SMILES string of the molecule is O=C(O)C=C/C(=C/CCc1ccc(C23CC4CC(CC(C4)C2)C3)c(OCC(=O)O)c1)c1cccc(C(F)(F)F)c1. The van der Waals surface area contributed by atoms with Gasteiger partial charge in [0.1, 0.15) is 5.75 Å². The Morgan fingerprint density at radius 2 is 1.62 bits per heavy atom. The van der Waals surface area contributed by atoms with Gasteiger partial charge in [0.15, 0.2) is 6.61 Å². The molecular formula is C32H33F3O5. The second-order valence-corrected chi connectivity index (χ2v) is 11.7. The van der Waals surface area contributed by atoms with Gasteiger partial charge < -0.3 is 14.9 Å². The van der Waals surface area contributed by atoms with Crippen LogP contribution >= 0.6 is 0 Å². The molecule has 0 unspecified atom stereocenters. The molecule has 0 aliphatic heterocycles. The van der Waals surface area contributed by atoms with E-state index in [1.807, 2.05) is 12.1 Å². The highest BCUT2D eigenvalue weighted by molar-refractivity contribution is 5.85. The first-order valence-corrected chi connectivity index (χ1v) is 13.8. The Hall–Kier alpha value is -3.55. The van der Waals surface area contributed by atoms with E-state index in [2.05, 4.69) is 6.07 Å². The van der Waals surface area contributed by atoms with Gasteiger partial charge in [-0.1, -0.05) is 30.3 Å². The number of rotatable bonds is 10. The molecule has 0 atom stereocenters. The fraction of sp³-hybridized carbons (Fsp3) is 0.438. The largest absolute Gasteiger partial charge is 0.482 e. The summed E-state index contributed by atoms with van der Waals surface area (Å²) in [5, 5.41) is 18.4. The fourth-order valence-corrected chi connectivity index (χ4v) is 7.57. The van der Waals surface area contributed by atoms with Gasteiger partial charge in [-0.3, -0.25) is 0 Å². The summed E-state index contributed by atoms with van der Waals surface area (Å²) in [6.45, 7) is -0.428. The molecule has 0 amide bonds. The van der Waals surface area contributed by atoms with Crippen LogP contribution in [0, 0.1) is 17.8 Å². The normalized spacial score (nSPS) is 25.9. The lowest BCUT2D eigenvalue weighted by molar-refractivity contribution is -0.139. The van der Waals surface area contributed by atoms with Crippen LogP contribution in [0.5, 0.6) is 5.75 Å². The molecular weight excluding hydrogens is 521 g/mol. The Morgan fingerprint density at radius 1 is 0.950 bits per heavy atom. The molecule has 0 aromatic heterocycles. The van der Waals surface area contributed by atoms with Crippen LogP contribution in [0.15, 0.2) is 60.7 Å². The Balaban J connectivity index is 1.39. The summed E-state index contributed by atoms with van der Waals surface area (Å²) in [5.41, 5.74) is 1.88. The molecule has 0 saturated heterocycles. The van der Waals surface area contributed by atoms with E-state index < -0.39 is 30.3 Å². The molecule has 4 saturated carbocycles. The number of alkyl halides is 3. The molecule has 4 aliphatic carbocycles. The van der Waals surface area contributed by atoms with Crippen molar-refractivity contribution in [2.75, 3.05) is 6.61 Å². The van der Waals surface area contributed by atoms with Crippen LogP contribution in [0.3, 0.4) is 0 Å². The molecule has 0 heterocycles. The van der Waals surface area contributed by atoms with E-state index in [1.165, 1.54) is 37.5 Å². The van der Waals surface area contributed by atoms with Crippen molar-refractivity contribution in [2.45, 2.75) is 63.0 Å². The molecule has 4 bridgehead atoms. The maximum absolute atomic E-state index is 13.3. The first kappa shape index (κ1) is 28.0. The topological polar surface area (TPSA) is 83.8 Å². The van der Waals surface area contributed by atoms with Crippen molar-refractivity contribution in [3.8, 4) is 5.75 Å². The number of aryl methyl sites for hydroxylation is 1. The molecule has 0 spiro atoms. The van der Waals surface area contributed by atoms with E-state index in [-0.39, 0.29) is 11.0 Å². The summed E-state index contributed by atoms with van der Waals surface area (Å²) >= 11 is 0. The number of benzene rings is 2. The molecule has 6 rings (SSSR count). The molecule has 212 valence electrons. The number of halogens is 3. The second-order valence-electron chi connectivity index (χ2n) is 11.7. The minimum Gasteiger partial charge on any atom is -0.482 e. The Bertz CT molecular complexity index is 1310. The van der Waals surface area contributed by atoms with E-state index >= 15 is 0 Å². The van der Waals surface area contributed by atoms with E-state index in [1.54, 1.807) is 6.08 Å². The van der Waals surface area contributed by atoms with Gasteiger partial charge in [0.2, 0.25) is 0 Å². The third-order valence-electron chi connectivity index (χ3n) is 8.73. The molecule has 2 aromatic carbocycles. The van der Waals surface area contributed by atoms with E-state index in [0.717, 1.165) is 66.4 Å². The maximum Gasteiger partial charge on any atom is 0.416 e. The second kappa shape index (κ2) is 11.1. The highest BCUT2D eigenvalue weighted by Gasteiger charge is 2.52. The molecule has 40 heavy (non-hydrogen) atoms. The Morgan fingerprint density at radius 3 is 2.23 bits per heavy atom. The van der Waals surface area contributed by atoms with Crippen molar-refractivity contribution >= 4 is 17.5 Å². The lowest BCUT2D eigenvalue weighted by Crippen LogP contribution is -2.48. The number of allylic oxidation sites excluding steroid dienone is 3. The van der Waals surface area contributed by atoms with Gasteiger partial charge in [-0.2, -0.15) is 13.2 Å². The highest BCUT2D eigenvalue weighted by atomic mass is 19.4. The summed E-state index contributed by atoms with van der Waals surface area (Å²) in [6.07, 6.45) is 7.58. The molecule has 5 nitrogen and oxygen atoms in total. The molecule has 4 aliphatic rings. The van der Waals surface area contributed by atoms with Gasteiger partial charge in [-0.25, -0.2) is 9.59 Å². The summed E-state index contributed by atoms with van der Waals surface area (Å²) in [6, 6.07) is 10.8. The monoisotopic (exact) mass is 554 g/mol. The van der Waals surface area contributed by atoms with Gasteiger partial charge in [-0.15, -0.1) is 0 Å². The number of carboxylic acids is 2. The zero-order chi connectivity index (χ0) is 28.5. The van der Waals surface area contributed by atoms with Crippen molar-refractivity contribution in [1.29, 1.82) is 0 Å². The first-order chi connectivity index (χ1) is 19.0. The number of ether oxygens (including phenoxy) is 1. The van der Waals surface area contributed by atoms with Crippen LogP contribution in [0.1, 0.15) is 67.2 Å². The van der Waals surface area contributed by atoms with Crippen LogP contribution in [0.2, 0.25) is 0 Å². The zero-order valence-electron chi connectivity index (χ0n) is 22.1. The van der Waals surface area contributed by atoms with Crippen molar-refractivity contribution in [3.63, 3.8) is 0 Å². The van der Waals surface area contributed by atoms with Crippen LogP contribution in [-0.2, 0) is 27.6 Å². The Labute approximate surface area is 231 Å². The van der Waals surface area contributed by atoms with Gasteiger partial charge in [0, 0.05) is 11.6 Å². The van der Waals surface area contributed by atoms with Crippen molar-refractivity contribution in [1.82, 2.24) is 0 Å². The predicted octanol–water partition coefficient (Wildman–Crippen LogP) is 7.29. The molecule has 8 heteroatoms. The third kappa shape index (κ3) is 6.26. The fourth-order valence-electron chi connectivity index (χ4n) is 7.57. The summed E-state index contributed by atoms with van der Waals surface area (Å²) in [7, 11) is 0. The van der Waals surface area contributed by atoms with Crippen LogP contribution in [-0.4, -0.2) is 28.8 Å². The summed E-state index contributed by atoms with van der Waals surface area (Å²) in [4.78, 5) is 22.5. The summed E-state index contributed by atoms with van der Waals surface area (Å²) in [5.74, 6) is 0.526. The quantitative estimate of drug-likeness (QED) is 0.238.